The van der Waals surface area contributed by atoms with Crippen LogP contribution in [0.4, 0.5) is 0 Å². The second-order valence-corrected chi connectivity index (χ2v) is 5.63. The van der Waals surface area contributed by atoms with Gasteiger partial charge < -0.3 is 10.2 Å². The van der Waals surface area contributed by atoms with E-state index in [1.165, 1.54) is 38.5 Å². The van der Waals surface area contributed by atoms with E-state index in [-0.39, 0.29) is 0 Å². The maximum atomic E-state index is 12.0. The maximum Gasteiger partial charge on any atom is 0.236 e. The Morgan fingerprint density at radius 3 is 2.47 bits per heavy atom. The maximum absolute atomic E-state index is 12.0. The van der Waals surface area contributed by atoms with Crippen LogP contribution in [0.15, 0.2) is 0 Å². The summed E-state index contributed by atoms with van der Waals surface area (Å²) in [5.41, 5.74) is 0. The van der Waals surface area contributed by atoms with Crippen LogP contribution in [0.3, 0.4) is 0 Å². The molecule has 0 heterocycles. The number of nitrogens with one attached hydrogen (secondary N) is 1. The first-order chi connectivity index (χ1) is 8.22. The minimum absolute atomic E-state index is 0.292. The van der Waals surface area contributed by atoms with Crippen molar-refractivity contribution >= 4 is 5.91 Å². The van der Waals surface area contributed by atoms with Crippen molar-refractivity contribution in [1.29, 1.82) is 0 Å². The van der Waals surface area contributed by atoms with Crippen molar-refractivity contribution in [2.45, 2.75) is 64.5 Å². The molecule has 2 aliphatic rings. The number of rotatable bonds is 6. The van der Waals surface area contributed by atoms with Gasteiger partial charge in [0.15, 0.2) is 0 Å². The summed E-state index contributed by atoms with van der Waals surface area (Å²) in [5, 5.41) is 3.43. The minimum atomic E-state index is 0.292. The van der Waals surface area contributed by atoms with Crippen molar-refractivity contribution in [2.24, 2.45) is 5.92 Å². The normalized spacial score (nSPS) is 22.7. The van der Waals surface area contributed by atoms with Crippen molar-refractivity contribution in [2.75, 3.05) is 13.1 Å². The minimum Gasteiger partial charge on any atom is -0.339 e. The Morgan fingerprint density at radius 2 is 1.94 bits per heavy atom. The lowest BCUT2D eigenvalue weighted by Crippen LogP contribution is -2.43. The molecule has 1 N–H and O–H groups in total. The van der Waals surface area contributed by atoms with Crippen LogP contribution in [0.5, 0.6) is 0 Å². The summed E-state index contributed by atoms with van der Waals surface area (Å²) in [6.07, 6.45) is 7.82. The van der Waals surface area contributed by atoms with Crippen LogP contribution >= 0.6 is 0 Å². The van der Waals surface area contributed by atoms with Gasteiger partial charge in [-0.1, -0.05) is 12.8 Å². The Bertz CT molecular complexity index is 257. The smallest absolute Gasteiger partial charge is 0.236 e. The van der Waals surface area contributed by atoms with Gasteiger partial charge in [0.05, 0.1) is 6.54 Å². The topological polar surface area (TPSA) is 32.3 Å². The van der Waals surface area contributed by atoms with Gasteiger partial charge in [0.1, 0.15) is 0 Å². The van der Waals surface area contributed by atoms with Gasteiger partial charge in [0.25, 0.3) is 0 Å². The van der Waals surface area contributed by atoms with Crippen molar-refractivity contribution in [3.05, 3.63) is 0 Å². The van der Waals surface area contributed by atoms with Crippen molar-refractivity contribution in [3.63, 3.8) is 0 Å². The zero-order valence-corrected chi connectivity index (χ0v) is 11.2. The Labute approximate surface area is 105 Å². The molecule has 0 bridgehead atoms. The van der Waals surface area contributed by atoms with Crippen LogP contribution in [0, 0.1) is 5.92 Å². The monoisotopic (exact) mass is 238 g/mol. The number of nitrogens with zero attached hydrogens (tertiary/aromatic N) is 1. The van der Waals surface area contributed by atoms with Crippen LogP contribution < -0.4 is 5.32 Å². The molecule has 0 spiro atoms. The molecular weight excluding hydrogens is 212 g/mol. The van der Waals surface area contributed by atoms with E-state index in [2.05, 4.69) is 19.2 Å². The third-order valence-electron chi connectivity index (χ3n) is 4.33. The summed E-state index contributed by atoms with van der Waals surface area (Å²) in [7, 11) is 0. The van der Waals surface area contributed by atoms with Crippen LogP contribution in [-0.4, -0.2) is 36.0 Å². The predicted octanol–water partition coefficient (Wildman–Crippen LogP) is 2.17. The molecule has 0 aromatic heterocycles. The summed E-state index contributed by atoms with van der Waals surface area (Å²) >= 11 is 0. The third-order valence-corrected chi connectivity index (χ3v) is 4.33. The lowest BCUT2D eigenvalue weighted by atomic mass is 10.00. The van der Waals surface area contributed by atoms with E-state index < -0.39 is 0 Å². The zero-order valence-electron chi connectivity index (χ0n) is 11.2. The number of carbonyl (C=O) groups is 1. The van der Waals surface area contributed by atoms with E-state index in [0.717, 1.165) is 12.5 Å². The molecule has 98 valence electrons. The summed E-state index contributed by atoms with van der Waals surface area (Å²) in [5.74, 6) is 1.08. The summed E-state index contributed by atoms with van der Waals surface area (Å²) in [6, 6.07) is 1.05. The van der Waals surface area contributed by atoms with Crippen molar-refractivity contribution in [1.82, 2.24) is 10.2 Å². The van der Waals surface area contributed by atoms with E-state index in [1.54, 1.807) is 0 Å². The second-order valence-electron chi connectivity index (χ2n) is 5.63. The standard InChI is InChI=1S/C14H26N2O/c1-3-16(13-8-9-13)14(17)10-15-11(2)12-6-4-5-7-12/h11-13,15H,3-10H2,1-2H3/t11-/m1/s1. The number of amides is 1. The largest absolute Gasteiger partial charge is 0.339 e. The molecule has 2 rings (SSSR count). The SMILES string of the molecule is CCN(C(=O)CN[C@H](C)C1CCCC1)C1CC1. The average Bonchev–Trinajstić information content (AvgIpc) is 3.00. The fourth-order valence-electron chi connectivity index (χ4n) is 3.00. The second kappa shape index (κ2) is 5.85. The van der Waals surface area contributed by atoms with E-state index in [0.29, 0.717) is 24.5 Å². The van der Waals surface area contributed by atoms with Crippen LogP contribution in [-0.2, 0) is 4.79 Å². The molecule has 0 unspecified atom stereocenters. The van der Waals surface area contributed by atoms with Crippen molar-refractivity contribution < 1.29 is 4.79 Å². The molecule has 0 radical (unpaired) electrons. The summed E-state index contributed by atoms with van der Waals surface area (Å²) in [4.78, 5) is 14.1. The zero-order chi connectivity index (χ0) is 12.3. The predicted molar refractivity (Wildman–Crippen MR) is 69.8 cm³/mol. The van der Waals surface area contributed by atoms with Crippen LogP contribution in [0.2, 0.25) is 0 Å². The first kappa shape index (κ1) is 12.9. The fraction of sp³-hybridized carbons (Fsp3) is 0.929. The van der Waals surface area contributed by atoms with Gasteiger partial charge >= 0.3 is 0 Å². The molecule has 2 saturated carbocycles. The molecule has 3 heteroatoms. The Kier molecular flexibility index (Phi) is 4.43. The van der Waals surface area contributed by atoms with Gasteiger partial charge in [0, 0.05) is 18.6 Å². The van der Waals surface area contributed by atoms with E-state index in [9.17, 15) is 4.79 Å². The molecule has 17 heavy (non-hydrogen) atoms. The first-order valence-corrected chi connectivity index (χ1v) is 7.25. The highest BCUT2D eigenvalue weighted by molar-refractivity contribution is 5.78. The molecule has 0 aromatic rings. The summed E-state index contributed by atoms with van der Waals surface area (Å²) < 4.78 is 0. The van der Waals surface area contributed by atoms with Crippen molar-refractivity contribution in [3.8, 4) is 0 Å². The van der Waals surface area contributed by atoms with Crippen LogP contribution in [0.25, 0.3) is 0 Å². The number of likely N-dealkylation sites (N-methyl/N-ethyl adjacent to an activating group) is 1. The highest BCUT2D eigenvalue weighted by atomic mass is 16.2. The quantitative estimate of drug-likeness (QED) is 0.769. The molecule has 3 nitrogen and oxygen atoms in total. The fourth-order valence-corrected chi connectivity index (χ4v) is 3.00. The Morgan fingerprint density at radius 1 is 1.29 bits per heavy atom. The molecule has 0 saturated heterocycles. The molecule has 1 atom stereocenters. The average molecular weight is 238 g/mol. The van der Waals surface area contributed by atoms with Gasteiger partial charge in [-0.05, 0) is 45.4 Å². The van der Waals surface area contributed by atoms with Gasteiger partial charge in [-0.2, -0.15) is 0 Å². The molecule has 2 fully saturated rings. The Hall–Kier alpha value is -0.570. The van der Waals surface area contributed by atoms with E-state index >= 15 is 0 Å². The van der Waals surface area contributed by atoms with Gasteiger partial charge in [0.2, 0.25) is 5.91 Å². The van der Waals surface area contributed by atoms with E-state index in [4.69, 9.17) is 0 Å². The number of hydrogen-bond acceptors (Lipinski definition) is 2. The van der Waals surface area contributed by atoms with Gasteiger partial charge in [-0.25, -0.2) is 0 Å². The highest BCUT2D eigenvalue weighted by Crippen LogP contribution is 2.28. The van der Waals surface area contributed by atoms with Gasteiger partial charge in [-0.15, -0.1) is 0 Å². The molecular formula is C14H26N2O. The van der Waals surface area contributed by atoms with Gasteiger partial charge in [-0.3, -0.25) is 4.79 Å². The third kappa shape index (κ3) is 3.44. The molecule has 0 aromatic carbocycles. The molecule has 0 aliphatic heterocycles. The van der Waals surface area contributed by atoms with Crippen LogP contribution in [0.1, 0.15) is 52.4 Å². The molecule has 2 aliphatic carbocycles. The number of carbonyl (C=O) groups excluding carboxylic acids is 1. The highest BCUT2D eigenvalue weighted by Gasteiger charge is 2.31. The lowest BCUT2D eigenvalue weighted by molar-refractivity contribution is -0.130. The Balaban J connectivity index is 1.70. The first-order valence-electron chi connectivity index (χ1n) is 7.25. The lowest BCUT2D eigenvalue weighted by Gasteiger charge is -2.24. The number of hydrogen-bond donors (Lipinski definition) is 1. The van der Waals surface area contributed by atoms with E-state index in [1.807, 2.05) is 4.90 Å². The molecule has 1 amide bonds. The summed E-state index contributed by atoms with van der Waals surface area (Å²) in [6.45, 7) is 5.71.